The van der Waals surface area contributed by atoms with Gasteiger partial charge in [0.15, 0.2) is 0 Å². The first kappa shape index (κ1) is 46.3. The molecule has 61 heavy (non-hydrogen) atoms. The molecule has 332 valence electrons. The van der Waals surface area contributed by atoms with E-state index < -0.39 is 17.7 Å². The fourth-order valence-electron chi connectivity index (χ4n) is 10.5. The highest BCUT2D eigenvalue weighted by atomic mass is 16.7. The van der Waals surface area contributed by atoms with Gasteiger partial charge in [0, 0.05) is 44.1 Å². The lowest BCUT2D eigenvalue weighted by Gasteiger charge is -2.60. The molecule has 0 bridgehead atoms. The number of phenolic OH excluding ortho intramolecular Hbond substituents is 1. The number of ether oxygens (including phenoxy) is 2. The molecule has 9 heteroatoms. The third-order valence-electron chi connectivity index (χ3n) is 13.4. The zero-order chi connectivity index (χ0) is 43.0. The number of carbonyl (C=O) groups excluding carboxylic acids is 1. The molecule has 3 aromatic rings. The van der Waals surface area contributed by atoms with E-state index in [0.29, 0.717) is 44.6 Å². The summed E-state index contributed by atoms with van der Waals surface area (Å²) in [7, 11) is 0. The van der Waals surface area contributed by atoms with Crippen LogP contribution in [0.4, 0.5) is 0 Å². The minimum Gasteiger partial charge on any atom is -0.508 e. The van der Waals surface area contributed by atoms with Crippen molar-refractivity contribution < 1.29 is 34.4 Å². The predicted molar refractivity (Wildman–Crippen MR) is 245 cm³/mol. The van der Waals surface area contributed by atoms with Crippen molar-refractivity contribution in [2.45, 2.75) is 147 Å². The summed E-state index contributed by atoms with van der Waals surface area (Å²) in [6, 6.07) is 19.4. The molecule has 3 N–H and O–H groups in total. The number of unbranched alkanes of at least 4 members (excludes halogenated alkanes) is 10. The molecular weight excluding hydrogens is 765 g/mol. The van der Waals surface area contributed by atoms with E-state index in [4.69, 9.17) is 19.5 Å². The zero-order valence-corrected chi connectivity index (χ0v) is 36.9. The van der Waals surface area contributed by atoms with Gasteiger partial charge in [0.1, 0.15) is 24.1 Å². The van der Waals surface area contributed by atoms with Crippen LogP contribution in [0.25, 0.3) is 10.8 Å². The van der Waals surface area contributed by atoms with Crippen molar-refractivity contribution in [2.75, 3.05) is 26.4 Å². The van der Waals surface area contributed by atoms with Crippen LogP contribution in [0.15, 0.2) is 90.1 Å². The molecule has 3 aromatic carbocycles. The van der Waals surface area contributed by atoms with E-state index in [-0.39, 0.29) is 49.2 Å². The van der Waals surface area contributed by atoms with E-state index in [1.54, 1.807) is 12.1 Å². The molecule has 3 aliphatic rings. The number of amides is 1. The lowest BCUT2D eigenvalue weighted by Crippen LogP contribution is -2.70. The maximum Gasteiger partial charge on any atom is 0.239 e. The van der Waals surface area contributed by atoms with Crippen molar-refractivity contribution in [2.24, 2.45) is 22.9 Å². The molecule has 0 spiro atoms. The number of nitrogens with zero attached hydrogens (tertiary/aromatic N) is 2. The predicted octanol–water partition coefficient (Wildman–Crippen LogP) is 11.1. The van der Waals surface area contributed by atoms with Gasteiger partial charge in [-0.25, -0.2) is 0 Å². The topological polar surface area (TPSA) is 121 Å². The average Bonchev–Trinajstić information content (AvgIpc) is 3.27. The van der Waals surface area contributed by atoms with Gasteiger partial charge in [-0.1, -0.05) is 131 Å². The number of aliphatic hydroxyl groups excluding tert-OH is 2. The summed E-state index contributed by atoms with van der Waals surface area (Å²) in [4.78, 5) is 23.2. The number of phenols is 1. The average molecular weight is 837 g/mol. The van der Waals surface area contributed by atoms with E-state index in [1.807, 2.05) is 30.0 Å². The van der Waals surface area contributed by atoms with Crippen LogP contribution in [0.5, 0.6) is 11.5 Å². The Balaban J connectivity index is 1.49. The number of oxime groups is 1. The van der Waals surface area contributed by atoms with Crippen molar-refractivity contribution in [3.05, 3.63) is 96.1 Å². The summed E-state index contributed by atoms with van der Waals surface area (Å²) < 4.78 is 14.5. The van der Waals surface area contributed by atoms with Crippen molar-refractivity contribution in [1.82, 2.24) is 4.90 Å². The van der Waals surface area contributed by atoms with Crippen LogP contribution in [-0.2, 0) is 20.9 Å². The Morgan fingerprint density at radius 1 is 0.902 bits per heavy atom. The molecule has 0 radical (unpaired) electrons. The Morgan fingerprint density at radius 3 is 2.36 bits per heavy atom. The quantitative estimate of drug-likeness (QED) is 0.0418. The SMILES string of the molecule is C=CCO[C@@]12Oc3ccc(O)cc3[C@H]3[C@H](CCCCO)[C@@H](CCCCO)C=C(C(=NOCC)C[C@@H]1N(Cc1cccc4ccccc14)C(=O)CCCCCCCCCCC)[C@H]32. The number of aliphatic hydroxyl groups is 2. The van der Waals surface area contributed by atoms with Crippen molar-refractivity contribution in [1.29, 1.82) is 0 Å². The Hall–Kier alpha value is -4.18. The van der Waals surface area contributed by atoms with Crippen LogP contribution in [-0.4, -0.2) is 70.1 Å². The Labute approximate surface area is 364 Å². The first-order valence-corrected chi connectivity index (χ1v) is 23.6. The first-order valence-electron chi connectivity index (χ1n) is 23.6. The van der Waals surface area contributed by atoms with Crippen molar-refractivity contribution >= 4 is 22.4 Å². The normalized spacial score (nSPS) is 23.5. The zero-order valence-electron chi connectivity index (χ0n) is 36.9. The van der Waals surface area contributed by atoms with Crippen LogP contribution in [0.2, 0.25) is 0 Å². The van der Waals surface area contributed by atoms with Crippen LogP contribution < -0.4 is 4.74 Å². The fourth-order valence-corrected chi connectivity index (χ4v) is 10.5. The van der Waals surface area contributed by atoms with Gasteiger partial charge in [-0.05, 0) is 91.0 Å². The van der Waals surface area contributed by atoms with E-state index >= 15 is 4.79 Å². The number of allylic oxidation sites excluding steroid dienone is 1. The standard InChI is InChI=1S/C52H72N2O7/c1-4-7-8-9-10-11-12-13-14-28-49(58)54(37-40-25-21-24-38-22-15-16-26-42(38)40)48-36-46(53-60-6-3)44-34-39(23-17-19-31-55)43(27-18-20-32-56)50-45-35-41(57)29-30-47(45)61-52(48,51(44)50)59-33-5-2/h5,15-16,21-22,24-26,29-30,34-35,39,43,48,50-51,55-57H,2,4,6-14,17-20,23,27-28,31-33,36-37H2,1,3H3/t39-,43+,48-,50+,51+,52+/m0/s1. The summed E-state index contributed by atoms with van der Waals surface area (Å²) in [6.07, 6.45) is 20.1. The Kier molecular flexibility index (Phi) is 17.7. The van der Waals surface area contributed by atoms with E-state index in [0.717, 1.165) is 78.1 Å². The second-order valence-corrected chi connectivity index (χ2v) is 17.5. The van der Waals surface area contributed by atoms with Gasteiger partial charge < -0.3 is 34.5 Å². The molecule has 6 rings (SSSR count). The number of hydrogen-bond donors (Lipinski definition) is 3. The van der Waals surface area contributed by atoms with Gasteiger partial charge in [-0.2, -0.15) is 0 Å². The Morgan fingerprint density at radius 2 is 1.62 bits per heavy atom. The summed E-state index contributed by atoms with van der Waals surface area (Å²) in [5.41, 5.74) is 3.74. The highest BCUT2D eigenvalue weighted by molar-refractivity contribution is 6.03. The lowest BCUT2D eigenvalue weighted by molar-refractivity contribution is -0.258. The molecule has 0 aromatic heterocycles. The van der Waals surface area contributed by atoms with Crippen LogP contribution >= 0.6 is 0 Å². The van der Waals surface area contributed by atoms with E-state index in [2.05, 4.69) is 56.0 Å². The third-order valence-corrected chi connectivity index (χ3v) is 13.4. The molecule has 6 atom stereocenters. The Bertz CT molecular complexity index is 1920. The smallest absolute Gasteiger partial charge is 0.239 e. The molecule has 2 aliphatic carbocycles. The summed E-state index contributed by atoms with van der Waals surface area (Å²) in [5.74, 6) is -0.876. The molecule has 1 saturated carbocycles. The number of fused-ring (bicyclic) bond motifs is 3. The molecule has 1 heterocycles. The summed E-state index contributed by atoms with van der Waals surface area (Å²) in [6.45, 7) is 9.44. The van der Waals surface area contributed by atoms with Gasteiger partial charge in [0.05, 0.1) is 18.2 Å². The molecule has 1 aliphatic heterocycles. The van der Waals surface area contributed by atoms with E-state index in [9.17, 15) is 15.3 Å². The molecule has 1 fully saturated rings. The minimum absolute atomic E-state index is 0.0551. The van der Waals surface area contributed by atoms with Crippen LogP contribution in [0, 0.1) is 17.8 Å². The molecule has 0 unspecified atom stereocenters. The van der Waals surface area contributed by atoms with E-state index in [1.165, 1.54) is 38.5 Å². The second kappa shape index (κ2) is 23.3. The molecule has 1 amide bonds. The number of hydrogen-bond acceptors (Lipinski definition) is 8. The maximum absolute atomic E-state index is 15.2. The summed E-state index contributed by atoms with van der Waals surface area (Å²) >= 11 is 0. The number of benzene rings is 3. The van der Waals surface area contributed by atoms with Gasteiger partial charge in [-0.15, -0.1) is 6.58 Å². The van der Waals surface area contributed by atoms with Crippen molar-refractivity contribution in [3.8, 4) is 11.5 Å². The number of aromatic hydroxyl groups is 1. The molecule has 9 nitrogen and oxygen atoms in total. The van der Waals surface area contributed by atoms with Gasteiger partial charge in [0.25, 0.3) is 0 Å². The lowest BCUT2D eigenvalue weighted by atomic mass is 9.55. The maximum atomic E-state index is 15.2. The summed E-state index contributed by atoms with van der Waals surface area (Å²) in [5, 5.41) is 37.9. The number of rotatable bonds is 26. The fraction of sp³-hybridized carbons (Fsp3) is 0.577. The van der Waals surface area contributed by atoms with Crippen LogP contribution in [0.1, 0.15) is 140 Å². The molecular formula is C52H72N2O7. The molecule has 0 saturated heterocycles. The monoisotopic (exact) mass is 837 g/mol. The highest BCUT2D eigenvalue weighted by Gasteiger charge is 2.65. The number of carbonyl (C=O) groups is 1. The third kappa shape index (κ3) is 11.1. The van der Waals surface area contributed by atoms with Gasteiger partial charge in [0.2, 0.25) is 11.7 Å². The van der Waals surface area contributed by atoms with Gasteiger partial charge >= 0.3 is 0 Å². The second-order valence-electron chi connectivity index (χ2n) is 17.5. The van der Waals surface area contributed by atoms with Gasteiger partial charge in [-0.3, -0.25) is 4.79 Å². The minimum atomic E-state index is -1.34. The van der Waals surface area contributed by atoms with Crippen LogP contribution in [0.3, 0.4) is 0 Å². The largest absolute Gasteiger partial charge is 0.508 e. The van der Waals surface area contributed by atoms with Crippen molar-refractivity contribution in [3.63, 3.8) is 0 Å². The first-order chi connectivity index (χ1) is 29.9. The highest BCUT2D eigenvalue weighted by Crippen LogP contribution is 2.62.